The highest BCUT2D eigenvalue weighted by Crippen LogP contribution is 2.24. The third-order valence-electron chi connectivity index (χ3n) is 2.50. The van der Waals surface area contributed by atoms with Crippen LogP contribution in [-0.4, -0.2) is 35.8 Å². The number of alkyl halides is 2. The number of anilines is 1. The number of nitrogens with zero attached hydrogens (tertiary/aromatic N) is 2. The molecule has 92 valence electrons. The van der Waals surface area contributed by atoms with Gasteiger partial charge in [0.05, 0.1) is 12.1 Å². The highest BCUT2D eigenvalue weighted by molar-refractivity contribution is 5.74. The second kappa shape index (κ2) is 4.52. The molecule has 1 aromatic heterocycles. The minimum atomic E-state index is -2.87. The number of aromatic nitrogens is 1. The van der Waals surface area contributed by atoms with E-state index < -0.39 is 12.6 Å². The van der Waals surface area contributed by atoms with Gasteiger partial charge >= 0.3 is 12.6 Å². The van der Waals surface area contributed by atoms with Crippen molar-refractivity contribution in [2.45, 2.75) is 6.61 Å². The Labute approximate surface area is 95.6 Å². The van der Waals surface area contributed by atoms with Crippen molar-refractivity contribution in [2.75, 3.05) is 18.0 Å². The van der Waals surface area contributed by atoms with Crippen LogP contribution in [0.5, 0.6) is 5.75 Å². The maximum atomic E-state index is 11.9. The van der Waals surface area contributed by atoms with E-state index in [1.165, 1.54) is 18.3 Å². The molecule has 0 aromatic carbocycles. The molecule has 1 aliphatic heterocycles. The van der Waals surface area contributed by atoms with Crippen LogP contribution in [0.1, 0.15) is 0 Å². The Kier molecular flexibility index (Phi) is 3.08. The van der Waals surface area contributed by atoms with Gasteiger partial charge in [-0.3, -0.25) is 4.79 Å². The first-order valence-corrected chi connectivity index (χ1v) is 4.95. The van der Waals surface area contributed by atoms with Gasteiger partial charge in [-0.15, -0.1) is 0 Å². The van der Waals surface area contributed by atoms with Crippen LogP contribution in [-0.2, 0) is 4.79 Å². The number of pyridine rings is 1. The minimum Gasteiger partial charge on any atom is -0.481 e. The van der Waals surface area contributed by atoms with Crippen molar-refractivity contribution in [3.8, 4) is 5.75 Å². The Bertz CT molecular complexity index is 405. The summed E-state index contributed by atoms with van der Waals surface area (Å²) in [5, 5.41) is 8.69. The molecule has 7 heteroatoms. The Hall–Kier alpha value is -1.92. The Morgan fingerprint density at radius 2 is 2.24 bits per heavy atom. The number of ether oxygens (including phenoxy) is 1. The quantitative estimate of drug-likeness (QED) is 0.862. The van der Waals surface area contributed by atoms with E-state index in [4.69, 9.17) is 5.11 Å². The van der Waals surface area contributed by atoms with E-state index in [0.29, 0.717) is 18.9 Å². The van der Waals surface area contributed by atoms with Crippen LogP contribution >= 0.6 is 0 Å². The van der Waals surface area contributed by atoms with Gasteiger partial charge in [-0.05, 0) is 12.1 Å². The summed E-state index contributed by atoms with van der Waals surface area (Å²) in [5.74, 6) is -0.670. The molecule has 0 unspecified atom stereocenters. The van der Waals surface area contributed by atoms with Gasteiger partial charge in [0.2, 0.25) is 0 Å². The van der Waals surface area contributed by atoms with Gasteiger partial charge in [0.1, 0.15) is 11.6 Å². The van der Waals surface area contributed by atoms with Crippen LogP contribution in [0, 0.1) is 5.92 Å². The van der Waals surface area contributed by atoms with Gasteiger partial charge in [-0.25, -0.2) is 4.98 Å². The average Bonchev–Trinajstić information content (AvgIpc) is 2.16. The van der Waals surface area contributed by atoms with Crippen LogP contribution in [0.3, 0.4) is 0 Å². The molecule has 1 aliphatic rings. The number of halogens is 2. The highest BCUT2D eigenvalue weighted by atomic mass is 19.3. The van der Waals surface area contributed by atoms with Crippen molar-refractivity contribution >= 4 is 11.8 Å². The van der Waals surface area contributed by atoms with Gasteiger partial charge in [-0.1, -0.05) is 0 Å². The minimum absolute atomic E-state index is 0.0148. The van der Waals surface area contributed by atoms with Crippen LogP contribution in [0.15, 0.2) is 18.3 Å². The third kappa shape index (κ3) is 2.61. The maximum absolute atomic E-state index is 11.9. The normalized spacial score (nSPS) is 15.8. The number of hydrogen-bond donors (Lipinski definition) is 1. The van der Waals surface area contributed by atoms with Gasteiger partial charge in [0, 0.05) is 13.1 Å². The Balaban J connectivity index is 1.93. The molecular formula is C10H10F2N2O3. The first-order chi connectivity index (χ1) is 8.06. The molecule has 0 amide bonds. The zero-order valence-electron chi connectivity index (χ0n) is 8.72. The highest BCUT2D eigenvalue weighted by Gasteiger charge is 2.33. The van der Waals surface area contributed by atoms with E-state index in [-0.39, 0.29) is 11.7 Å². The summed E-state index contributed by atoms with van der Waals surface area (Å²) >= 11 is 0. The van der Waals surface area contributed by atoms with E-state index in [1.807, 2.05) is 0 Å². The largest absolute Gasteiger partial charge is 0.481 e. The van der Waals surface area contributed by atoms with E-state index in [0.717, 1.165) is 0 Å². The number of rotatable bonds is 4. The van der Waals surface area contributed by atoms with Crippen LogP contribution in [0.4, 0.5) is 14.6 Å². The topological polar surface area (TPSA) is 62.7 Å². The fourth-order valence-electron chi connectivity index (χ4n) is 1.55. The van der Waals surface area contributed by atoms with Crippen molar-refractivity contribution in [3.63, 3.8) is 0 Å². The predicted molar refractivity (Wildman–Crippen MR) is 54.2 cm³/mol. The smallest absolute Gasteiger partial charge is 0.387 e. The third-order valence-corrected chi connectivity index (χ3v) is 2.50. The second-order valence-corrected chi connectivity index (χ2v) is 3.67. The zero-order chi connectivity index (χ0) is 12.4. The zero-order valence-corrected chi connectivity index (χ0v) is 8.72. The number of carbonyl (C=O) groups is 1. The first kappa shape index (κ1) is 11.6. The summed E-state index contributed by atoms with van der Waals surface area (Å²) in [4.78, 5) is 16.3. The van der Waals surface area contributed by atoms with Crippen LogP contribution in [0.25, 0.3) is 0 Å². The van der Waals surface area contributed by atoms with Crippen molar-refractivity contribution in [2.24, 2.45) is 5.92 Å². The van der Waals surface area contributed by atoms with Crippen molar-refractivity contribution < 1.29 is 23.4 Å². The van der Waals surface area contributed by atoms with Crippen molar-refractivity contribution in [3.05, 3.63) is 18.3 Å². The summed E-state index contributed by atoms with van der Waals surface area (Å²) in [6, 6.07) is 2.90. The molecule has 0 bridgehead atoms. The van der Waals surface area contributed by atoms with E-state index in [1.54, 1.807) is 4.90 Å². The SMILES string of the molecule is O=C(O)C1CN(c2ccc(OC(F)F)cn2)C1. The molecule has 0 aliphatic carbocycles. The maximum Gasteiger partial charge on any atom is 0.387 e. The lowest BCUT2D eigenvalue weighted by atomic mass is 10.0. The molecule has 5 nitrogen and oxygen atoms in total. The number of hydrogen-bond acceptors (Lipinski definition) is 4. The lowest BCUT2D eigenvalue weighted by Crippen LogP contribution is -2.50. The lowest BCUT2D eigenvalue weighted by molar-refractivity contribution is -0.142. The fraction of sp³-hybridized carbons (Fsp3) is 0.400. The first-order valence-electron chi connectivity index (χ1n) is 4.95. The average molecular weight is 244 g/mol. The molecular weight excluding hydrogens is 234 g/mol. The molecule has 17 heavy (non-hydrogen) atoms. The van der Waals surface area contributed by atoms with E-state index in [9.17, 15) is 13.6 Å². The molecule has 0 atom stereocenters. The molecule has 1 saturated heterocycles. The fourth-order valence-corrected chi connectivity index (χ4v) is 1.55. The summed E-state index contributed by atoms with van der Waals surface area (Å²) in [6.07, 6.45) is 1.19. The summed E-state index contributed by atoms with van der Waals surface area (Å²) in [5.41, 5.74) is 0. The number of carboxylic acid groups (broad SMARTS) is 1. The standard InChI is InChI=1S/C10H10F2N2O3/c11-10(12)17-7-1-2-8(13-3-7)14-4-6(5-14)9(15)16/h1-3,6,10H,4-5H2,(H,15,16). The second-order valence-electron chi connectivity index (χ2n) is 3.67. The predicted octanol–water partition coefficient (Wildman–Crippen LogP) is 1.20. The molecule has 1 N–H and O–H groups in total. The number of carboxylic acids is 1. The molecule has 2 heterocycles. The molecule has 0 radical (unpaired) electrons. The molecule has 1 aromatic rings. The van der Waals surface area contributed by atoms with Crippen LogP contribution < -0.4 is 9.64 Å². The van der Waals surface area contributed by atoms with Gasteiger partial charge in [0.25, 0.3) is 0 Å². The Morgan fingerprint density at radius 1 is 1.53 bits per heavy atom. The van der Waals surface area contributed by atoms with Crippen molar-refractivity contribution in [1.82, 2.24) is 4.98 Å². The lowest BCUT2D eigenvalue weighted by Gasteiger charge is -2.37. The summed E-state index contributed by atoms with van der Waals surface area (Å²) in [6.45, 7) is -2.10. The molecule has 2 rings (SSSR count). The molecule has 1 fully saturated rings. The monoisotopic (exact) mass is 244 g/mol. The molecule has 0 spiro atoms. The summed E-state index contributed by atoms with van der Waals surface area (Å²) < 4.78 is 27.9. The Morgan fingerprint density at radius 3 is 2.71 bits per heavy atom. The number of aliphatic carboxylic acids is 1. The van der Waals surface area contributed by atoms with Gasteiger partial charge in [0.15, 0.2) is 0 Å². The van der Waals surface area contributed by atoms with Crippen LogP contribution in [0.2, 0.25) is 0 Å². The van der Waals surface area contributed by atoms with E-state index in [2.05, 4.69) is 9.72 Å². The van der Waals surface area contributed by atoms with Gasteiger partial charge < -0.3 is 14.7 Å². The summed E-state index contributed by atoms with van der Waals surface area (Å²) in [7, 11) is 0. The molecule has 0 saturated carbocycles. The van der Waals surface area contributed by atoms with E-state index >= 15 is 0 Å². The van der Waals surface area contributed by atoms with Gasteiger partial charge in [-0.2, -0.15) is 8.78 Å². The van der Waals surface area contributed by atoms with Crippen molar-refractivity contribution in [1.29, 1.82) is 0 Å².